The number of likely N-dealkylation sites (tertiary alicyclic amines) is 2. The van der Waals surface area contributed by atoms with Crippen molar-refractivity contribution in [1.82, 2.24) is 15.1 Å². The fourth-order valence-electron chi connectivity index (χ4n) is 3.99. The van der Waals surface area contributed by atoms with Crippen LogP contribution in [0.5, 0.6) is 0 Å². The second kappa shape index (κ2) is 5.95. The zero-order valence-electron chi connectivity index (χ0n) is 13.2. The molecule has 1 N–H and O–H groups in total. The molecule has 0 radical (unpaired) electrons. The molecule has 2 aliphatic heterocycles. The maximum atomic E-state index is 12.3. The van der Waals surface area contributed by atoms with Crippen molar-refractivity contribution in [3.8, 4) is 0 Å². The number of nitrogens with zero attached hydrogens (tertiary/aromatic N) is 2. The lowest BCUT2D eigenvalue weighted by Crippen LogP contribution is -2.54. The Balaban J connectivity index is 1.66. The molecule has 3 rings (SSSR count). The molecule has 2 heterocycles. The number of hydrogen-bond acceptors (Lipinski definition) is 3. The Morgan fingerprint density at radius 2 is 1.71 bits per heavy atom. The molecule has 0 aromatic heterocycles. The van der Waals surface area contributed by atoms with Crippen molar-refractivity contribution in [2.45, 2.75) is 76.5 Å². The van der Waals surface area contributed by atoms with Crippen molar-refractivity contribution in [2.24, 2.45) is 0 Å². The third-order valence-electron chi connectivity index (χ3n) is 5.29. The van der Waals surface area contributed by atoms with Crippen molar-refractivity contribution < 1.29 is 9.59 Å². The van der Waals surface area contributed by atoms with E-state index in [1.54, 1.807) is 6.92 Å². The minimum atomic E-state index is -0.0764. The summed E-state index contributed by atoms with van der Waals surface area (Å²) in [5, 5.41) is 3.11. The standard InChI is InChI=1S/C16H27N3O2/c1-11(16(21)17-13-7-8-13)18-9-3-5-14(18)15-6-4-10-19(15)12(2)20/h11,13-15H,3-10H2,1-2H3,(H,17,21)/t11-,14+,15-/m1/s1. The predicted molar refractivity (Wildman–Crippen MR) is 80.8 cm³/mol. The van der Waals surface area contributed by atoms with Crippen molar-refractivity contribution in [1.29, 1.82) is 0 Å². The van der Waals surface area contributed by atoms with Gasteiger partial charge in [0.1, 0.15) is 0 Å². The van der Waals surface area contributed by atoms with Crippen LogP contribution in [0.1, 0.15) is 52.4 Å². The van der Waals surface area contributed by atoms with Crippen LogP contribution in [0.15, 0.2) is 0 Å². The van der Waals surface area contributed by atoms with Gasteiger partial charge in [-0.1, -0.05) is 0 Å². The third-order valence-corrected chi connectivity index (χ3v) is 5.29. The molecule has 0 bridgehead atoms. The van der Waals surface area contributed by atoms with Gasteiger partial charge in [-0.25, -0.2) is 0 Å². The fourth-order valence-corrected chi connectivity index (χ4v) is 3.99. The lowest BCUT2D eigenvalue weighted by molar-refractivity contribution is -0.131. The van der Waals surface area contributed by atoms with E-state index in [2.05, 4.69) is 10.2 Å². The zero-order valence-corrected chi connectivity index (χ0v) is 13.2. The van der Waals surface area contributed by atoms with Crippen molar-refractivity contribution in [3.63, 3.8) is 0 Å². The smallest absolute Gasteiger partial charge is 0.237 e. The molecule has 2 saturated heterocycles. The fraction of sp³-hybridized carbons (Fsp3) is 0.875. The Bertz CT molecular complexity index is 422. The highest BCUT2D eigenvalue weighted by molar-refractivity contribution is 5.82. The number of rotatable bonds is 4. The highest BCUT2D eigenvalue weighted by Crippen LogP contribution is 2.31. The normalized spacial score (nSPS) is 31.4. The number of carbonyl (C=O) groups excluding carboxylic acids is 2. The average Bonchev–Trinajstić information content (AvgIpc) is 2.96. The van der Waals surface area contributed by atoms with E-state index in [1.807, 2.05) is 11.8 Å². The van der Waals surface area contributed by atoms with Gasteiger partial charge in [-0.05, 0) is 52.0 Å². The summed E-state index contributed by atoms with van der Waals surface area (Å²) < 4.78 is 0. The van der Waals surface area contributed by atoms with Gasteiger partial charge in [0.2, 0.25) is 11.8 Å². The summed E-state index contributed by atoms with van der Waals surface area (Å²) in [6.07, 6.45) is 6.67. The third kappa shape index (κ3) is 3.07. The molecule has 0 aromatic carbocycles. The van der Waals surface area contributed by atoms with E-state index < -0.39 is 0 Å². The molecule has 1 saturated carbocycles. The molecule has 0 unspecified atom stereocenters. The molecule has 5 heteroatoms. The van der Waals surface area contributed by atoms with Crippen molar-refractivity contribution in [3.05, 3.63) is 0 Å². The molecule has 3 aliphatic rings. The molecule has 1 aliphatic carbocycles. The first-order chi connectivity index (χ1) is 10.1. The van der Waals surface area contributed by atoms with Crippen LogP contribution in [-0.4, -0.2) is 58.9 Å². The second-order valence-corrected chi connectivity index (χ2v) is 6.83. The molecule has 0 aromatic rings. The average molecular weight is 293 g/mol. The molecule has 3 fully saturated rings. The van der Waals surface area contributed by atoms with Crippen molar-refractivity contribution >= 4 is 11.8 Å². The summed E-state index contributed by atoms with van der Waals surface area (Å²) in [5.74, 6) is 0.344. The van der Waals surface area contributed by atoms with Gasteiger partial charge < -0.3 is 10.2 Å². The minimum absolute atomic E-state index is 0.0764. The predicted octanol–water partition coefficient (Wildman–Crippen LogP) is 1.13. The van der Waals surface area contributed by atoms with Crippen LogP contribution in [0.3, 0.4) is 0 Å². The van der Waals surface area contributed by atoms with Gasteiger partial charge in [-0.2, -0.15) is 0 Å². The van der Waals surface area contributed by atoms with Crippen LogP contribution in [-0.2, 0) is 9.59 Å². The first-order valence-electron chi connectivity index (χ1n) is 8.41. The number of nitrogens with one attached hydrogen (secondary N) is 1. The van der Waals surface area contributed by atoms with Gasteiger partial charge in [-0.3, -0.25) is 14.5 Å². The van der Waals surface area contributed by atoms with Crippen LogP contribution in [0.25, 0.3) is 0 Å². The Morgan fingerprint density at radius 1 is 1.05 bits per heavy atom. The highest BCUT2D eigenvalue weighted by atomic mass is 16.2. The first kappa shape index (κ1) is 14.8. The summed E-state index contributed by atoms with van der Waals surface area (Å²) in [4.78, 5) is 28.5. The summed E-state index contributed by atoms with van der Waals surface area (Å²) in [5.41, 5.74) is 0. The monoisotopic (exact) mass is 293 g/mol. The summed E-state index contributed by atoms with van der Waals surface area (Å²) in [6.45, 7) is 5.54. The molecule has 118 valence electrons. The lowest BCUT2D eigenvalue weighted by atomic mass is 10.0. The SMILES string of the molecule is CC(=O)N1CCC[C@@H]1[C@@H]1CCCN1[C@H](C)C(=O)NC1CC1. The van der Waals surface area contributed by atoms with E-state index in [-0.39, 0.29) is 17.9 Å². The van der Waals surface area contributed by atoms with E-state index in [0.717, 1.165) is 51.6 Å². The lowest BCUT2D eigenvalue weighted by Gasteiger charge is -2.37. The van der Waals surface area contributed by atoms with Gasteiger partial charge in [0.25, 0.3) is 0 Å². The van der Waals surface area contributed by atoms with E-state index in [4.69, 9.17) is 0 Å². The molecule has 3 atom stereocenters. The number of amides is 2. The second-order valence-electron chi connectivity index (χ2n) is 6.83. The quantitative estimate of drug-likeness (QED) is 0.845. The van der Waals surface area contributed by atoms with Crippen LogP contribution < -0.4 is 5.32 Å². The largest absolute Gasteiger partial charge is 0.352 e. The van der Waals surface area contributed by atoms with Crippen molar-refractivity contribution in [2.75, 3.05) is 13.1 Å². The highest BCUT2D eigenvalue weighted by Gasteiger charge is 2.42. The van der Waals surface area contributed by atoms with Crippen LogP contribution in [0.2, 0.25) is 0 Å². The van der Waals surface area contributed by atoms with Crippen LogP contribution in [0, 0.1) is 0 Å². The van der Waals surface area contributed by atoms with Gasteiger partial charge >= 0.3 is 0 Å². The Kier molecular flexibility index (Phi) is 4.20. The molecule has 21 heavy (non-hydrogen) atoms. The minimum Gasteiger partial charge on any atom is -0.352 e. The molecule has 0 spiro atoms. The topological polar surface area (TPSA) is 52.7 Å². The first-order valence-corrected chi connectivity index (χ1v) is 8.41. The maximum absolute atomic E-state index is 12.3. The maximum Gasteiger partial charge on any atom is 0.237 e. The van der Waals surface area contributed by atoms with Crippen LogP contribution in [0.4, 0.5) is 0 Å². The van der Waals surface area contributed by atoms with Crippen LogP contribution >= 0.6 is 0 Å². The van der Waals surface area contributed by atoms with Gasteiger partial charge in [0.05, 0.1) is 6.04 Å². The zero-order chi connectivity index (χ0) is 15.0. The molecular weight excluding hydrogens is 266 g/mol. The van der Waals surface area contributed by atoms with E-state index in [1.165, 1.54) is 0 Å². The van der Waals surface area contributed by atoms with E-state index >= 15 is 0 Å². The Hall–Kier alpha value is -1.10. The van der Waals surface area contributed by atoms with Gasteiger partial charge in [-0.15, -0.1) is 0 Å². The van der Waals surface area contributed by atoms with Gasteiger partial charge in [0.15, 0.2) is 0 Å². The summed E-state index contributed by atoms with van der Waals surface area (Å²) >= 11 is 0. The van der Waals surface area contributed by atoms with E-state index in [9.17, 15) is 9.59 Å². The summed E-state index contributed by atoms with van der Waals surface area (Å²) in [6, 6.07) is 1.01. The Labute approximate surface area is 127 Å². The Morgan fingerprint density at radius 3 is 2.38 bits per heavy atom. The molecule has 5 nitrogen and oxygen atoms in total. The molecule has 2 amide bonds. The van der Waals surface area contributed by atoms with E-state index in [0.29, 0.717) is 18.1 Å². The number of hydrogen-bond donors (Lipinski definition) is 1. The molecular formula is C16H27N3O2. The van der Waals surface area contributed by atoms with Gasteiger partial charge in [0, 0.05) is 31.6 Å². The number of carbonyl (C=O) groups is 2. The summed E-state index contributed by atoms with van der Waals surface area (Å²) in [7, 11) is 0.